The van der Waals surface area contributed by atoms with Crippen LogP contribution in [0.5, 0.6) is 5.75 Å². The quantitative estimate of drug-likeness (QED) is 0.540. The molecule has 0 N–H and O–H groups in total. The van der Waals surface area contributed by atoms with Crippen LogP contribution in [0.25, 0.3) is 0 Å². The summed E-state index contributed by atoms with van der Waals surface area (Å²) in [5, 5.41) is 0. The minimum Gasteiger partial charge on any atom is -0.497 e. The molecular weight excluding hydrogens is 364 g/mol. The number of hydrogen-bond donors (Lipinski definition) is 0. The highest BCUT2D eigenvalue weighted by Gasteiger charge is 2.46. The molecule has 2 aliphatic heterocycles. The van der Waals surface area contributed by atoms with Crippen LogP contribution >= 0.6 is 0 Å². The van der Waals surface area contributed by atoms with Gasteiger partial charge in [-0.15, -0.1) is 0 Å². The third-order valence-corrected chi connectivity index (χ3v) is 4.96. The zero-order valence-electron chi connectivity index (χ0n) is 16.3. The third kappa shape index (κ3) is 3.64. The molecule has 2 heterocycles. The highest BCUT2D eigenvalue weighted by Crippen LogP contribution is 2.21. The molecule has 2 fully saturated rings. The Morgan fingerprint density at radius 3 is 2.11 bits per heavy atom. The maximum absolute atomic E-state index is 12.6. The van der Waals surface area contributed by atoms with Crippen molar-refractivity contribution in [3.05, 3.63) is 24.3 Å². The van der Waals surface area contributed by atoms with Gasteiger partial charge in [0.05, 0.1) is 7.11 Å². The number of hydrogen-bond acceptors (Lipinski definition) is 6. The summed E-state index contributed by atoms with van der Waals surface area (Å²) < 4.78 is 5.16. The summed E-state index contributed by atoms with van der Waals surface area (Å²) in [5.74, 6) is -1.38. The van der Waals surface area contributed by atoms with Crippen molar-refractivity contribution < 1.29 is 23.9 Å². The number of methoxy groups -OCH3 is 1. The monoisotopic (exact) mass is 388 g/mol. The SMILES string of the molecule is COc1ccc(N2CCN(C(=O)CN3C(=O)C(=O)N(C(C)C)C3=O)CC2)cc1. The van der Waals surface area contributed by atoms with Gasteiger partial charge >= 0.3 is 17.8 Å². The van der Waals surface area contributed by atoms with E-state index in [1.54, 1.807) is 25.9 Å². The predicted octanol–water partition coefficient (Wildman–Crippen LogP) is 0.543. The standard InChI is InChI=1S/C19H24N4O5/c1-13(2)23-18(26)17(25)22(19(23)27)12-16(24)21-10-8-20(9-11-21)14-4-6-15(28-3)7-5-14/h4-7,13H,8-12H2,1-3H3. The van der Waals surface area contributed by atoms with Crippen molar-refractivity contribution >= 4 is 29.4 Å². The van der Waals surface area contributed by atoms with Gasteiger partial charge in [-0.3, -0.25) is 19.3 Å². The first-order chi connectivity index (χ1) is 13.3. The Hall–Kier alpha value is -3.10. The number of carbonyl (C=O) groups excluding carboxylic acids is 4. The molecule has 1 aromatic rings. The second-order valence-corrected chi connectivity index (χ2v) is 7.01. The van der Waals surface area contributed by atoms with Gasteiger partial charge in [0.25, 0.3) is 0 Å². The Labute approximate surface area is 163 Å². The van der Waals surface area contributed by atoms with E-state index in [0.29, 0.717) is 26.2 Å². The van der Waals surface area contributed by atoms with Gasteiger partial charge < -0.3 is 14.5 Å². The molecule has 3 rings (SSSR count). The van der Waals surface area contributed by atoms with Crippen molar-refractivity contribution in [2.24, 2.45) is 0 Å². The van der Waals surface area contributed by atoms with Gasteiger partial charge in [0.1, 0.15) is 12.3 Å². The fourth-order valence-corrected chi connectivity index (χ4v) is 3.36. The van der Waals surface area contributed by atoms with Crippen LogP contribution in [0.1, 0.15) is 13.8 Å². The van der Waals surface area contributed by atoms with E-state index in [1.807, 2.05) is 24.3 Å². The molecular formula is C19H24N4O5. The van der Waals surface area contributed by atoms with E-state index in [0.717, 1.165) is 21.2 Å². The van der Waals surface area contributed by atoms with Crippen molar-refractivity contribution in [3.8, 4) is 5.75 Å². The van der Waals surface area contributed by atoms with Gasteiger partial charge in [0.15, 0.2) is 0 Å². The highest BCUT2D eigenvalue weighted by atomic mass is 16.5. The molecule has 2 aliphatic rings. The zero-order valence-corrected chi connectivity index (χ0v) is 16.3. The molecule has 0 bridgehead atoms. The minimum atomic E-state index is -0.941. The Kier molecular flexibility index (Phi) is 5.53. The van der Waals surface area contributed by atoms with Crippen LogP contribution in [0.2, 0.25) is 0 Å². The molecule has 150 valence electrons. The Bertz CT molecular complexity index is 784. The number of carbonyl (C=O) groups is 4. The fraction of sp³-hybridized carbons (Fsp3) is 0.474. The van der Waals surface area contributed by atoms with Crippen LogP contribution in [-0.2, 0) is 14.4 Å². The number of imide groups is 2. The molecule has 5 amide bonds. The lowest BCUT2D eigenvalue weighted by Crippen LogP contribution is -2.52. The van der Waals surface area contributed by atoms with Crippen LogP contribution in [0.4, 0.5) is 10.5 Å². The summed E-state index contributed by atoms with van der Waals surface area (Å²) in [5.41, 5.74) is 1.04. The molecule has 0 atom stereocenters. The Morgan fingerprint density at radius 1 is 1.00 bits per heavy atom. The van der Waals surface area contributed by atoms with Gasteiger partial charge in [0, 0.05) is 37.9 Å². The molecule has 1 aromatic carbocycles. The third-order valence-electron chi connectivity index (χ3n) is 4.96. The van der Waals surface area contributed by atoms with Gasteiger partial charge in [-0.2, -0.15) is 0 Å². The van der Waals surface area contributed by atoms with Gasteiger partial charge in [-0.1, -0.05) is 0 Å². The van der Waals surface area contributed by atoms with Crippen molar-refractivity contribution in [2.75, 3.05) is 44.7 Å². The average Bonchev–Trinajstić information content (AvgIpc) is 2.91. The van der Waals surface area contributed by atoms with Gasteiger partial charge in [-0.25, -0.2) is 9.69 Å². The maximum atomic E-state index is 12.6. The second-order valence-electron chi connectivity index (χ2n) is 7.01. The summed E-state index contributed by atoms with van der Waals surface area (Å²) >= 11 is 0. The zero-order chi connectivity index (χ0) is 20.4. The number of urea groups is 1. The molecule has 0 unspecified atom stereocenters. The number of rotatable bonds is 5. The molecule has 9 heteroatoms. The highest BCUT2D eigenvalue weighted by molar-refractivity contribution is 6.45. The number of amides is 5. The predicted molar refractivity (Wildman–Crippen MR) is 101 cm³/mol. The molecule has 0 saturated carbocycles. The molecule has 9 nitrogen and oxygen atoms in total. The number of piperazine rings is 1. The first-order valence-corrected chi connectivity index (χ1v) is 9.19. The lowest BCUT2D eigenvalue weighted by Gasteiger charge is -2.36. The Balaban J connectivity index is 1.57. The van der Waals surface area contributed by atoms with E-state index in [4.69, 9.17) is 4.74 Å². The first-order valence-electron chi connectivity index (χ1n) is 9.19. The van der Waals surface area contributed by atoms with Crippen molar-refractivity contribution in [1.82, 2.24) is 14.7 Å². The largest absolute Gasteiger partial charge is 0.497 e. The number of anilines is 1. The minimum absolute atomic E-state index is 0.338. The van der Waals surface area contributed by atoms with Crippen LogP contribution in [0.3, 0.4) is 0 Å². The molecule has 2 saturated heterocycles. The summed E-state index contributed by atoms with van der Waals surface area (Å²) in [6.07, 6.45) is 0. The van der Waals surface area contributed by atoms with E-state index in [2.05, 4.69) is 4.90 Å². The summed E-state index contributed by atoms with van der Waals surface area (Å²) in [7, 11) is 1.61. The lowest BCUT2D eigenvalue weighted by atomic mass is 10.2. The number of nitrogens with zero attached hydrogens (tertiary/aromatic N) is 4. The normalized spacial score (nSPS) is 17.8. The molecule has 28 heavy (non-hydrogen) atoms. The van der Waals surface area contributed by atoms with Crippen LogP contribution < -0.4 is 9.64 Å². The Morgan fingerprint density at radius 2 is 1.61 bits per heavy atom. The van der Waals surface area contributed by atoms with Crippen molar-refractivity contribution in [3.63, 3.8) is 0 Å². The number of ether oxygens (including phenoxy) is 1. The van der Waals surface area contributed by atoms with E-state index < -0.39 is 30.4 Å². The van der Waals surface area contributed by atoms with Crippen molar-refractivity contribution in [1.29, 1.82) is 0 Å². The van der Waals surface area contributed by atoms with Gasteiger partial charge in [-0.05, 0) is 38.1 Å². The molecule has 0 aromatic heterocycles. The average molecular weight is 388 g/mol. The van der Waals surface area contributed by atoms with E-state index in [1.165, 1.54) is 0 Å². The molecule has 0 aliphatic carbocycles. The van der Waals surface area contributed by atoms with Gasteiger partial charge in [0.2, 0.25) is 5.91 Å². The maximum Gasteiger partial charge on any atom is 0.334 e. The smallest absolute Gasteiger partial charge is 0.334 e. The van der Waals surface area contributed by atoms with E-state index >= 15 is 0 Å². The van der Waals surface area contributed by atoms with Crippen molar-refractivity contribution in [2.45, 2.75) is 19.9 Å². The fourth-order valence-electron chi connectivity index (χ4n) is 3.36. The number of benzene rings is 1. The topological polar surface area (TPSA) is 90.5 Å². The second kappa shape index (κ2) is 7.87. The van der Waals surface area contributed by atoms with E-state index in [-0.39, 0.29) is 5.91 Å². The molecule has 0 radical (unpaired) electrons. The first kappa shape index (κ1) is 19.7. The lowest BCUT2D eigenvalue weighted by molar-refractivity contribution is -0.145. The van der Waals surface area contributed by atoms with Crippen LogP contribution in [0, 0.1) is 0 Å². The molecule has 0 spiro atoms. The summed E-state index contributed by atoms with van der Waals surface area (Å²) in [4.78, 5) is 54.3. The van der Waals surface area contributed by atoms with Crippen LogP contribution in [-0.4, -0.2) is 84.3 Å². The summed E-state index contributed by atoms with van der Waals surface area (Å²) in [6, 6.07) is 6.53. The van der Waals surface area contributed by atoms with E-state index in [9.17, 15) is 19.2 Å². The summed E-state index contributed by atoms with van der Waals surface area (Å²) in [6.45, 7) is 5.11. The van der Waals surface area contributed by atoms with Crippen LogP contribution in [0.15, 0.2) is 24.3 Å².